The second kappa shape index (κ2) is 8.60. The first kappa shape index (κ1) is 15.7. The molecule has 0 atom stereocenters. The summed E-state index contributed by atoms with van der Waals surface area (Å²) in [7, 11) is 0. The number of hydrogen-bond donors (Lipinski definition) is 3. The molecule has 1 heterocycles. The normalized spacial score (nSPS) is 22.3. The summed E-state index contributed by atoms with van der Waals surface area (Å²) in [5.74, 6) is 0.0738. The lowest BCUT2D eigenvalue weighted by atomic mass is 10.2. The standard InChI is InChI=1S/C17H25N3O/c1-16(21)18-9-11-20-14-12-19(13-15-20)10-5-8-17-6-3-2-4-7-17/h2-8H,9-15H2,1H3,(H,18,21)/p+2/b8-5+. The highest BCUT2D eigenvalue weighted by molar-refractivity contribution is 5.72. The van der Waals surface area contributed by atoms with Crippen molar-refractivity contribution in [3.63, 3.8) is 0 Å². The van der Waals surface area contributed by atoms with Gasteiger partial charge in [0.15, 0.2) is 0 Å². The first-order chi connectivity index (χ1) is 10.2. The SMILES string of the molecule is CC(=O)NCC[NH+]1CC[NH+](C/C=C/c2ccccc2)CC1. The summed E-state index contributed by atoms with van der Waals surface area (Å²) in [5.41, 5.74) is 1.27. The Balaban J connectivity index is 1.63. The minimum absolute atomic E-state index is 0.0738. The summed E-state index contributed by atoms with van der Waals surface area (Å²) in [6, 6.07) is 10.5. The summed E-state index contributed by atoms with van der Waals surface area (Å²) in [5, 5.41) is 2.88. The van der Waals surface area contributed by atoms with Crippen molar-refractivity contribution in [2.24, 2.45) is 0 Å². The third-order valence-electron chi connectivity index (χ3n) is 4.03. The van der Waals surface area contributed by atoms with Crippen LogP contribution in [-0.2, 0) is 4.79 Å². The van der Waals surface area contributed by atoms with E-state index in [2.05, 4.69) is 41.7 Å². The largest absolute Gasteiger partial charge is 0.351 e. The molecule has 114 valence electrons. The Morgan fingerprint density at radius 2 is 1.81 bits per heavy atom. The molecule has 0 saturated carbocycles. The molecule has 2 rings (SSSR count). The average molecular weight is 289 g/mol. The smallest absolute Gasteiger partial charge is 0.217 e. The van der Waals surface area contributed by atoms with Gasteiger partial charge in [0.2, 0.25) is 5.91 Å². The first-order valence-corrected chi connectivity index (χ1v) is 7.87. The van der Waals surface area contributed by atoms with Gasteiger partial charge in [-0.3, -0.25) is 4.79 Å². The van der Waals surface area contributed by atoms with E-state index in [0.717, 1.165) is 19.6 Å². The predicted molar refractivity (Wildman–Crippen MR) is 85.3 cm³/mol. The van der Waals surface area contributed by atoms with E-state index in [0.29, 0.717) is 0 Å². The van der Waals surface area contributed by atoms with E-state index in [1.54, 1.807) is 16.7 Å². The fourth-order valence-electron chi connectivity index (χ4n) is 2.75. The van der Waals surface area contributed by atoms with E-state index in [1.807, 2.05) is 6.07 Å². The van der Waals surface area contributed by atoms with Gasteiger partial charge in [-0.25, -0.2) is 0 Å². The Hall–Kier alpha value is -1.65. The van der Waals surface area contributed by atoms with Crippen LogP contribution in [0.25, 0.3) is 6.08 Å². The second-order valence-corrected chi connectivity index (χ2v) is 5.75. The number of hydrogen-bond acceptors (Lipinski definition) is 1. The van der Waals surface area contributed by atoms with E-state index < -0.39 is 0 Å². The van der Waals surface area contributed by atoms with Crippen LogP contribution in [0.1, 0.15) is 12.5 Å². The third kappa shape index (κ3) is 6.10. The zero-order chi connectivity index (χ0) is 14.9. The molecule has 0 spiro atoms. The lowest BCUT2D eigenvalue weighted by Gasteiger charge is -2.29. The van der Waals surface area contributed by atoms with Crippen molar-refractivity contribution in [1.82, 2.24) is 5.32 Å². The summed E-state index contributed by atoms with van der Waals surface area (Å²) < 4.78 is 0. The van der Waals surface area contributed by atoms with E-state index in [-0.39, 0.29) is 5.91 Å². The maximum absolute atomic E-state index is 10.8. The van der Waals surface area contributed by atoms with Gasteiger partial charge in [-0.1, -0.05) is 36.4 Å². The van der Waals surface area contributed by atoms with Crippen LogP contribution < -0.4 is 15.1 Å². The van der Waals surface area contributed by atoms with Crippen LogP contribution >= 0.6 is 0 Å². The monoisotopic (exact) mass is 289 g/mol. The molecule has 0 unspecified atom stereocenters. The fraction of sp³-hybridized carbons (Fsp3) is 0.471. The molecule has 1 aliphatic rings. The number of carbonyl (C=O) groups is 1. The number of quaternary nitrogens is 2. The summed E-state index contributed by atoms with van der Waals surface area (Å²) in [6.07, 6.45) is 4.50. The predicted octanol–water partition coefficient (Wildman–Crippen LogP) is -1.38. The van der Waals surface area contributed by atoms with Gasteiger partial charge < -0.3 is 15.1 Å². The molecule has 0 radical (unpaired) electrons. The second-order valence-electron chi connectivity index (χ2n) is 5.75. The van der Waals surface area contributed by atoms with Crippen molar-refractivity contribution < 1.29 is 14.6 Å². The highest BCUT2D eigenvalue weighted by atomic mass is 16.1. The number of amides is 1. The Labute approximate surface area is 127 Å². The highest BCUT2D eigenvalue weighted by Crippen LogP contribution is 1.99. The van der Waals surface area contributed by atoms with Crippen molar-refractivity contribution in [3.05, 3.63) is 42.0 Å². The van der Waals surface area contributed by atoms with Crippen LogP contribution in [0.3, 0.4) is 0 Å². The van der Waals surface area contributed by atoms with Crippen molar-refractivity contribution >= 4 is 12.0 Å². The molecule has 4 nitrogen and oxygen atoms in total. The summed E-state index contributed by atoms with van der Waals surface area (Å²) >= 11 is 0. The molecule has 1 aliphatic heterocycles. The number of carbonyl (C=O) groups excluding carboxylic acids is 1. The third-order valence-corrected chi connectivity index (χ3v) is 4.03. The van der Waals surface area contributed by atoms with Crippen LogP contribution in [0, 0.1) is 0 Å². The van der Waals surface area contributed by atoms with Crippen LogP contribution in [0.15, 0.2) is 36.4 Å². The number of rotatable bonds is 6. The average Bonchev–Trinajstić information content (AvgIpc) is 2.50. The maximum Gasteiger partial charge on any atom is 0.217 e. The van der Waals surface area contributed by atoms with Crippen molar-refractivity contribution in [2.75, 3.05) is 45.8 Å². The van der Waals surface area contributed by atoms with E-state index in [4.69, 9.17) is 0 Å². The zero-order valence-electron chi connectivity index (χ0n) is 12.9. The molecule has 1 fully saturated rings. The van der Waals surface area contributed by atoms with Gasteiger partial charge in [-0.15, -0.1) is 0 Å². The molecule has 1 aromatic carbocycles. The van der Waals surface area contributed by atoms with Gasteiger partial charge in [-0.2, -0.15) is 0 Å². The summed E-state index contributed by atoms with van der Waals surface area (Å²) in [6.45, 7) is 9.37. The molecule has 0 aliphatic carbocycles. The number of piperazine rings is 1. The topological polar surface area (TPSA) is 38.0 Å². The molecule has 1 saturated heterocycles. The van der Waals surface area contributed by atoms with Crippen molar-refractivity contribution in [2.45, 2.75) is 6.92 Å². The fourth-order valence-corrected chi connectivity index (χ4v) is 2.75. The summed E-state index contributed by atoms with van der Waals surface area (Å²) in [4.78, 5) is 14.1. The van der Waals surface area contributed by atoms with Crippen molar-refractivity contribution in [1.29, 1.82) is 0 Å². The Morgan fingerprint density at radius 1 is 1.14 bits per heavy atom. The molecular formula is C17H27N3O+2. The Bertz CT molecular complexity index is 450. The molecule has 0 aromatic heterocycles. The lowest BCUT2D eigenvalue weighted by molar-refractivity contribution is -1.01. The van der Waals surface area contributed by atoms with Gasteiger partial charge in [0.25, 0.3) is 0 Å². The maximum atomic E-state index is 10.8. The quantitative estimate of drug-likeness (QED) is 0.593. The lowest BCUT2D eigenvalue weighted by Crippen LogP contribution is -3.28. The molecule has 1 amide bonds. The molecule has 3 N–H and O–H groups in total. The first-order valence-electron chi connectivity index (χ1n) is 7.87. The Morgan fingerprint density at radius 3 is 2.48 bits per heavy atom. The van der Waals surface area contributed by atoms with E-state index in [1.165, 1.54) is 31.7 Å². The van der Waals surface area contributed by atoms with Crippen LogP contribution in [0.2, 0.25) is 0 Å². The van der Waals surface area contributed by atoms with Gasteiger partial charge in [0.1, 0.15) is 26.2 Å². The zero-order valence-corrected chi connectivity index (χ0v) is 12.9. The van der Waals surface area contributed by atoms with Crippen molar-refractivity contribution in [3.8, 4) is 0 Å². The van der Waals surface area contributed by atoms with Gasteiger partial charge >= 0.3 is 0 Å². The number of nitrogens with one attached hydrogen (secondary N) is 3. The van der Waals surface area contributed by atoms with E-state index >= 15 is 0 Å². The van der Waals surface area contributed by atoms with Gasteiger partial charge in [0, 0.05) is 6.92 Å². The van der Waals surface area contributed by atoms with Crippen LogP contribution in [0.5, 0.6) is 0 Å². The van der Waals surface area contributed by atoms with Crippen LogP contribution in [0.4, 0.5) is 0 Å². The van der Waals surface area contributed by atoms with Gasteiger partial charge in [-0.05, 0) is 11.6 Å². The molecule has 1 aromatic rings. The minimum Gasteiger partial charge on any atom is -0.351 e. The molecule has 0 bridgehead atoms. The molecule has 21 heavy (non-hydrogen) atoms. The van der Waals surface area contributed by atoms with Crippen LogP contribution in [-0.4, -0.2) is 51.7 Å². The molecule has 4 heteroatoms. The minimum atomic E-state index is 0.0738. The van der Waals surface area contributed by atoms with E-state index in [9.17, 15) is 4.79 Å². The highest BCUT2D eigenvalue weighted by Gasteiger charge is 2.21. The number of benzene rings is 1. The molecular weight excluding hydrogens is 262 g/mol. The Kier molecular flexibility index (Phi) is 6.44. The van der Waals surface area contributed by atoms with Gasteiger partial charge in [0.05, 0.1) is 19.6 Å².